The van der Waals surface area contributed by atoms with Crippen LogP contribution >= 0.6 is 0 Å². The van der Waals surface area contributed by atoms with Crippen LogP contribution in [0, 0.1) is 0 Å². The second kappa shape index (κ2) is 4.85. The van der Waals surface area contributed by atoms with E-state index in [1.807, 2.05) is 0 Å². The summed E-state index contributed by atoms with van der Waals surface area (Å²) >= 11 is 0. The molecule has 0 heterocycles. The Morgan fingerprint density at radius 1 is 1.29 bits per heavy atom. The van der Waals surface area contributed by atoms with Crippen LogP contribution in [0.5, 0.6) is 0 Å². The normalized spacial score (nSPS) is 12.1. The van der Waals surface area contributed by atoms with Crippen LogP contribution in [-0.2, 0) is 10.0 Å². The van der Waals surface area contributed by atoms with Crippen LogP contribution in [0.4, 0.5) is 0 Å². The lowest BCUT2D eigenvalue weighted by Gasteiger charge is -2.21. The lowest BCUT2D eigenvalue weighted by Crippen LogP contribution is -2.33. The third-order valence-electron chi connectivity index (χ3n) is 2.50. The van der Waals surface area contributed by atoms with Crippen molar-refractivity contribution in [2.75, 3.05) is 7.05 Å². The van der Waals surface area contributed by atoms with Crippen molar-refractivity contribution in [3.8, 4) is 0 Å². The van der Waals surface area contributed by atoms with E-state index in [0.29, 0.717) is 0 Å². The fourth-order valence-corrected chi connectivity index (χ4v) is 2.85. The number of sulfonamides is 1. The number of carboxylic acid groups (broad SMARTS) is 1. The molecule has 17 heavy (non-hydrogen) atoms. The average molecular weight is 257 g/mol. The molecule has 1 aromatic rings. The fourth-order valence-electron chi connectivity index (χ4n) is 1.30. The summed E-state index contributed by atoms with van der Waals surface area (Å²) in [6.07, 6.45) is 0. The molecule has 1 rings (SSSR count). The molecule has 0 aliphatic carbocycles. The average Bonchev–Trinajstić information content (AvgIpc) is 2.27. The predicted molar refractivity (Wildman–Crippen MR) is 63.5 cm³/mol. The molecular formula is C11H15NO4S. The van der Waals surface area contributed by atoms with E-state index >= 15 is 0 Å². The van der Waals surface area contributed by atoms with Crippen molar-refractivity contribution in [1.29, 1.82) is 0 Å². The van der Waals surface area contributed by atoms with E-state index in [-0.39, 0.29) is 16.5 Å². The molecule has 0 saturated carbocycles. The smallest absolute Gasteiger partial charge is 0.337 e. The van der Waals surface area contributed by atoms with Crippen LogP contribution in [0.3, 0.4) is 0 Å². The van der Waals surface area contributed by atoms with E-state index in [1.54, 1.807) is 13.8 Å². The van der Waals surface area contributed by atoms with Gasteiger partial charge in [0.1, 0.15) is 0 Å². The van der Waals surface area contributed by atoms with Crippen molar-refractivity contribution in [3.05, 3.63) is 29.8 Å². The highest BCUT2D eigenvalue weighted by molar-refractivity contribution is 7.89. The molecule has 0 aliphatic heterocycles. The molecule has 1 aromatic carbocycles. The molecule has 0 unspecified atom stereocenters. The Balaban J connectivity index is 3.39. The van der Waals surface area contributed by atoms with Crippen LogP contribution in [0.25, 0.3) is 0 Å². The highest BCUT2D eigenvalue weighted by Gasteiger charge is 2.27. The van der Waals surface area contributed by atoms with Crippen molar-refractivity contribution in [2.24, 2.45) is 0 Å². The van der Waals surface area contributed by atoms with Gasteiger partial charge in [0, 0.05) is 13.1 Å². The molecule has 0 bridgehead atoms. The summed E-state index contributed by atoms with van der Waals surface area (Å²) in [5.41, 5.74) is -0.208. The SMILES string of the molecule is CC(C)N(C)S(=O)(=O)c1ccccc1C(=O)O. The number of nitrogens with zero attached hydrogens (tertiary/aromatic N) is 1. The highest BCUT2D eigenvalue weighted by atomic mass is 32.2. The summed E-state index contributed by atoms with van der Waals surface area (Å²) in [6, 6.07) is 5.36. The molecule has 5 nitrogen and oxygen atoms in total. The van der Waals surface area contributed by atoms with E-state index < -0.39 is 16.0 Å². The summed E-state index contributed by atoms with van der Waals surface area (Å²) in [7, 11) is -2.33. The topological polar surface area (TPSA) is 74.7 Å². The number of benzene rings is 1. The molecule has 0 aromatic heterocycles. The molecule has 0 aliphatic rings. The maximum Gasteiger partial charge on any atom is 0.337 e. The second-order valence-electron chi connectivity index (χ2n) is 3.92. The monoisotopic (exact) mass is 257 g/mol. The maximum absolute atomic E-state index is 12.2. The molecule has 94 valence electrons. The highest BCUT2D eigenvalue weighted by Crippen LogP contribution is 2.20. The Morgan fingerprint density at radius 3 is 2.29 bits per heavy atom. The largest absolute Gasteiger partial charge is 0.478 e. The quantitative estimate of drug-likeness (QED) is 0.885. The summed E-state index contributed by atoms with van der Waals surface area (Å²) in [6.45, 7) is 3.45. The molecular weight excluding hydrogens is 242 g/mol. The van der Waals surface area contributed by atoms with Gasteiger partial charge in [-0.1, -0.05) is 12.1 Å². The lowest BCUT2D eigenvalue weighted by atomic mass is 10.2. The summed E-state index contributed by atoms with van der Waals surface area (Å²) < 4.78 is 25.5. The first-order chi connectivity index (χ1) is 7.78. The molecule has 1 N–H and O–H groups in total. The zero-order chi connectivity index (χ0) is 13.2. The van der Waals surface area contributed by atoms with Gasteiger partial charge in [0.05, 0.1) is 10.5 Å². The predicted octanol–water partition coefficient (Wildman–Crippen LogP) is 1.41. The van der Waals surface area contributed by atoms with E-state index in [1.165, 1.54) is 31.3 Å². The maximum atomic E-state index is 12.2. The Hall–Kier alpha value is -1.40. The van der Waals surface area contributed by atoms with E-state index in [9.17, 15) is 13.2 Å². The van der Waals surface area contributed by atoms with Gasteiger partial charge in [-0.15, -0.1) is 0 Å². The number of hydrogen-bond donors (Lipinski definition) is 1. The molecule has 0 saturated heterocycles. The Morgan fingerprint density at radius 2 is 1.82 bits per heavy atom. The number of aromatic carboxylic acids is 1. The van der Waals surface area contributed by atoms with Crippen molar-refractivity contribution in [2.45, 2.75) is 24.8 Å². The number of carboxylic acids is 1. The van der Waals surface area contributed by atoms with Gasteiger partial charge in [-0.05, 0) is 26.0 Å². The first kappa shape index (κ1) is 13.7. The first-order valence-corrected chi connectivity index (χ1v) is 6.53. The Kier molecular flexibility index (Phi) is 3.90. The summed E-state index contributed by atoms with van der Waals surface area (Å²) in [5.74, 6) is -1.25. The lowest BCUT2D eigenvalue weighted by molar-refractivity contribution is 0.0692. The Bertz CT molecular complexity index is 522. The fraction of sp³-hybridized carbons (Fsp3) is 0.364. The van der Waals surface area contributed by atoms with Crippen molar-refractivity contribution in [3.63, 3.8) is 0 Å². The molecule has 0 radical (unpaired) electrons. The van der Waals surface area contributed by atoms with Crippen LogP contribution < -0.4 is 0 Å². The van der Waals surface area contributed by atoms with Gasteiger partial charge in [-0.25, -0.2) is 13.2 Å². The number of rotatable bonds is 4. The number of carbonyl (C=O) groups is 1. The van der Waals surface area contributed by atoms with Gasteiger partial charge in [0.15, 0.2) is 0 Å². The van der Waals surface area contributed by atoms with E-state index in [2.05, 4.69) is 0 Å². The van der Waals surface area contributed by atoms with Crippen LogP contribution in [0.1, 0.15) is 24.2 Å². The molecule has 0 spiro atoms. The molecule has 0 fully saturated rings. The van der Waals surface area contributed by atoms with Gasteiger partial charge in [-0.3, -0.25) is 0 Å². The van der Waals surface area contributed by atoms with Gasteiger partial charge < -0.3 is 5.11 Å². The number of hydrogen-bond acceptors (Lipinski definition) is 3. The van der Waals surface area contributed by atoms with Crippen molar-refractivity contribution < 1.29 is 18.3 Å². The minimum atomic E-state index is -3.76. The van der Waals surface area contributed by atoms with E-state index in [0.717, 1.165) is 4.31 Å². The summed E-state index contributed by atoms with van der Waals surface area (Å²) in [5, 5.41) is 8.97. The molecule has 0 atom stereocenters. The second-order valence-corrected chi connectivity index (χ2v) is 5.88. The van der Waals surface area contributed by atoms with Crippen LogP contribution in [-0.4, -0.2) is 36.9 Å². The van der Waals surface area contributed by atoms with Gasteiger partial charge in [0.25, 0.3) is 0 Å². The third kappa shape index (κ3) is 2.65. The minimum absolute atomic E-state index is 0.177. The van der Waals surface area contributed by atoms with Crippen LogP contribution in [0.15, 0.2) is 29.2 Å². The molecule has 0 amide bonds. The van der Waals surface area contributed by atoms with Crippen LogP contribution in [0.2, 0.25) is 0 Å². The zero-order valence-corrected chi connectivity index (χ0v) is 10.7. The minimum Gasteiger partial charge on any atom is -0.478 e. The first-order valence-electron chi connectivity index (χ1n) is 5.09. The van der Waals surface area contributed by atoms with E-state index in [4.69, 9.17) is 5.11 Å². The van der Waals surface area contributed by atoms with Crippen molar-refractivity contribution in [1.82, 2.24) is 4.31 Å². The van der Waals surface area contributed by atoms with Crippen molar-refractivity contribution >= 4 is 16.0 Å². The summed E-state index contributed by atoms with van der Waals surface area (Å²) in [4.78, 5) is 10.8. The van der Waals surface area contributed by atoms with Gasteiger partial charge in [-0.2, -0.15) is 4.31 Å². The standard InChI is InChI=1S/C11H15NO4S/c1-8(2)12(3)17(15,16)10-7-5-4-6-9(10)11(13)14/h4-8H,1-3H3,(H,13,14). The molecule has 6 heteroatoms. The Labute approximate surface area is 101 Å². The third-order valence-corrected chi connectivity index (χ3v) is 4.59. The van der Waals surface area contributed by atoms with Gasteiger partial charge >= 0.3 is 5.97 Å². The van der Waals surface area contributed by atoms with Gasteiger partial charge in [0.2, 0.25) is 10.0 Å². The zero-order valence-electron chi connectivity index (χ0n) is 9.91.